The van der Waals surface area contributed by atoms with Gasteiger partial charge in [0.15, 0.2) is 151 Å². The van der Waals surface area contributed by atoms with Gasteiger partial charge in [-0.1, -0.05) is 0 Å². The highest BCUT2D eigenvalue weighted by molar-refractivity contribution is 7.23. The average molecular weight is 1270 g/mol. The van der Waals surface area contributed by atoms with Crippen molar-refractivity contribution in [2.75, 3.05) is 0 Å². The summed E-state index contributed by atoms with van der Waals surface area (Å²) in [5, 5.41) is -26.8. The Morgan fingerprint density at radius 2 is 0.369 bits per heavy atom. The van der Waals surface area contributed by atoms with Crippen molar-refractivity contribution in [3.63, 3.8) is 0 Å². The number of benzene rings is 9. The zero-order valence-corrected chi connectivity index (χ0v) is 39.7. The first kappa shape index (κ1) is 62.2. The molecule has 444 valence electrons. The summed E-state index contributed by atoms with van der Waals surface area (Å²) in [6.07, 6.45) is 0. The van der Waals surface area contributed by atoms with Crippen molar-refractivity contribution in [1.82, 2.24) is 0 Å². The van der Waals surface area contributed by atoms with Crippen LogP contribution in [-0.2, 0) is 0 Å². The van der Waals surface area contributed by atoms with E-state index in [9.17, 15) is 43.9 Å². The lowest BCUT2D eigenvalue weighted by Gasteiger charge is -2.44. The fraction of sp³-hybridized carbons (Fsp3) is 0.0417. The van der Waals surface area contributed by atoms with Crippen molar-refractivity contribution in [2.45, 2.75) is 13.5 Å². The van der Waals surface area contributed by atoms with Crippen molar-refractivity contribution >= 4 is 79.6 Å². The molecule has 36 heteroatoms. The van der Waals surface area contributed by atoms with Gasteiger partial charge < -0.3 is 0 Å². The summed E-state index contributed by atoms with van der Waals surface area (Å²) in [6, 6.07) is 0. The second kappa shape index (κ2) is 21.0. The summed E-state index contributed by atoms with van der Waals surface area (Å²) in [5.74, 6) is -111. The monoisotopic (exact) mass is 1270 g/mol. The van der Waals surface area contributed by atoms with E-state index in [1.807, 2.05) is 0 Å². The topological polar surface area (TPSA) is 16.6 Å². The van der Waals surface area contributed by atoms with E-state index in [1.165, 1.54) is 0 Å². The van der Waals surface area contributed by atoms with Crippen LogP contribution in [0.15, 0.2) is 0 Å². The predicted molar refractivity (Wildman–Crippen MR) is 218 cm³/mol. The SMILES string of the molecule is Cc1c(F)c(F)c(F)c([NH2+]C(F)F)c1F.Fc1c(F)c(F)c2[c]([Al-]([c]3c(F)c(F)c(F)c4c(F)c(F)c(F)c(F)c34)([c]3c(F)c(F)c(F)c4c(F)c(F)c(F)c(F)c34)[c]3c(F)c(F)c(F)c4c(F)c(F)c(F)c(F)c34)c(F)c(F)c(F)c2c1F. The normalized spacial score (nSPS) is 12.1. The second-order valence-electron chi connectivity index (χ2n) is 17.1. The number of hydrogen-bond acceptors (Lipinski definition) is 0. The van der Waals surface area contributed by atoms with Crippen LogP contribution in [0, 0.1) is 193 Å². The lowest BCUT2D eigenvalue weighted by atomic mass is 10.1. The maximum atomic E-state index is 17.3. The van der Waals surface area contributed by atoms with E-state index >= 15 is 105 Å². The third kappa shape index (κ3) is 8.18. The number of rotatable bonds is 6. The van der Waals surface area contributed by atoms with E-state index in [0.717, 1.165) is 6.92 Å². The molecule has 1 nitrogen and oxygen atoms in total. The largest absolute Gasteiger partial charge is 0.382 e. The minimum Gasteiger partial charge on any atom is -0.251 e. The van der Waals surface area contributed by atoms with E-state index in [-0.39, 0.29) is 5.32 Å². The van der Waals surface area contributed by atoms with Gasteiger partial charge in [-0.25, -0.2) is 132 Å². The Morgan fingerprint density at radius 3 is 0.560 bits per heavy atom. The smallest absolute Gasteiger partial charge is 0.251 e. The Kier molecular flexibility index (Phi) is 15.6. The summed E-state index contributed by atoms with van der Waals surface area (Å²) in [7, 11) is 0. The predicted octanol–water partition coefficient (Wildman–Crippen LogP) is 13.5. The van der Waals surface area contributed by atoms with Gasteiger partial charge in [-0.15, -0.1) is 0 Å². The van der Waals surface area contributed by atoms with E-state index in [0.29, 0.717) is 0 Å². The first-order valence-corrected chi connectivity index (χ1v) is 23.6. The minimum atomic E-state index is -10.2. The van der Waals surface area contributed by atoms with E-state index in [1.54, 1.807) is 0 Å². The van der Waals surface area contributed by atoms with Crippen LogP contribution in [0.3, 0.4) is 0 Å². The molecule has 0 unspecified atom stereocenters. The van der Waals surface area contributed by atoms with Gasteiger partial charge >= 0.3 is 6.55 Å². The summed E-state index contributed by atoms with van der Waals surface area (Å²) < 4.78 is 507. The van der Waals surface area contributed by atoms with E-state index in [4.69, 9.17) is 0 Å². The van der Waals surface area contributed by atoms with Crippen LogP contribution < -0.4 is 23.0 Å². The lowest BCUT2D eigenvalue weighted by Crippen LogP contribution is -2.82. The molecule has 0 saturated heterocycles. The van der Waals surface area contributed by atoms with Crippen LogP contribution in [0.25, 0.3) is 43.1 Å². The molecule has 0 fully saturated rings. The number of hydrogen-bond donors (Lipinski definition) is 1. The average Bonchev–Trinajstić information content (AvgIpc) is 0.672. The van der Waals surface area contributed by atoms with Crippen LogP contribution in [0.2, 0.25) is 0 Å². The maximum absolute atomic E-state index is 17.3. The number of alkyl halides is 2. The molecular weight excluding hydrogens is 1260 g/mol. The van der Waals surface area contributed by atoms with Crippen LogP contribution in [0.5, 0.6) is 0 Å². The number of nitrogens with two attached hydrogens (primary N) is 1. The highest BCUT2D eigenvalue weighted by Crippen LogP contribution is 2.42. The third-order valence-electron chi connectivity index (χ3n) is 13.1. The quantitative estimate of drug-likeness (QED) is 0.0427. The van der Waals surface area contributed by atoms with E-state index in [2.05, 4.69) is 0 Å². The molecule has 0 aromatic heterocycles. The fourth-order valence-corrected chi connectivity index (χ4v) is 16.2. The van der Waals surface area contributed by atoms with Crippen molar-refractivity contribution < 1.29 is 155 Å². The van der Waals surface area contributed by atoms with Crippen molar-refractivity contribution in [1.29, 1.82) is 0 Å². The standard InChI is InChI=1S/4C10F7.C8H5F6N.Al/c4*11-3-1-2-4(7(14)6(3)13)8(15)10(17)9(16)5(2)12;1-2-3(9)5(11)6(12)7(4(2)10)15-8(13)14;/h;;;;8,15H,1H3;/q;;;;;-1/p+1. The molecule has 9 rings (SSSR count). The van der Waals surface area contributed by atoms with Crippen LogP contribution >= 0.6 is 0 Å². The maximum Gasteiger partial charge on any atom is 0.382 e. The van der Waals surface area contributed by atoms with Crippen molar-refractivity contribution in [2.24, 2.45) is 0 Å². The molecule has 9 aromatic rings. The summed E-state index contributed by atoms with van der Waals surface area (Å²) in [4.78, 5) is 0. The van der Waals surface area contributed by atoms with Gasteiger partial charge in [0.1, 0.15) is 23.3 Å². The molecule has 0 amide bonds. The molecule has 2 N–H and O–H groups in total. The molecular formula is C48H6AlF34N. The minimum absolute atomic E-state index is 0.111. The van der Waals surface area contributed by atoms with Gasteiger partial charge in [-0.3, -0.25) is 5.32 Å². The Bertz CT molecular complexity index is 3930. The van der Waals surface area contributed by atoms with Gasteiger partial charge in [-0.2, -0.15) is 35.3 Å². The Hall–Kier alpha value is -7.87. The summed E-state index contributed by atoms with van der Waals surface area (Å²) in [6.45, 7) is -2.33. The fourth-order valence-electron chi connectivity index (χ4n) is 9.64. The van der Waals surface area contributed by atoms with Crippen LogP contribution in [0.4, 0.5) is 155 Å². The zero-order valence-electron chi connectivity index (χ0n) is 38.6. The molecule has 9 aromatic carbocycles. The molecule has 0 saturated carbocycles. The summed E-state index contributed by atoms with van der Waals surface area (Å²) >= 11 is -10.2. The number of halogens is 34. The van der Waals surface area contributed by atoms with Gasteiger partial charge in [0.05, 0.1) is 21.5 Å². The molecule has 0 bridgehead atoms. The first-order valence-electron chi connectivity index (χ1n) is 21.3. The first-order chi connectivity index (χ1) is 38.8. The van der Waals surface area contributed by atoms with Gasteiger partial charge in [-0.05, 0) is 28.5 Å². The third-order valence-corrected chi connectivity index (χ3v) is 18.7. The van der Waals surface area contributed by atoms with Crippen molar-refractivity contribution in [3.05, 3.63) is 192 Å². The Balaban J connectivity index is 0.000000534. The molecule has 84 heavy (non-hydrogen) atoms. The zero-order chi connectivity index (χ0) is 63.3. The Labute approximate surface area is 438 Å². The highest BCUT2D eigenvalue weighted by atomic mass is 27.2. The van der Waals surface area contributed by atoms with Gasteiger partial charge in [0, 0.05) is 5.56 Å². The number of quaternary nitrogens is 1. The van der Waals surface area contributed by atoms with Gasteiger partial charge in [0.25, 0.3) is 13.1 Å². The molecule has 0 spiro atoms. The molecule has 0 aliphatic heterocycles. The second-order valence-corrected chi connectivity index (χ2v) is 21.1. The van der Waals surface area contributed by atoms with Gasteiger partial charge in [0.2, 0.25) is 17.3 Å². The number of fused-ring (bicyclic) bond motifs is 4. The van der Waals surface area contributed by atoms with Crippen LogP contribution in [0.1, 0.15) is 5.56 Å². The van der Waals surface area contributed by atoms with E-state index < -0.39 is 278 Å². The van der Waals surface area contributed by atoms with Crippen LogP contribution in [-0.4, -0.2) is 19.6 Å². The Morgan fingerprint density at radius 1 is 0.202 bits per heavy atom. The molecule has 0 heterocycles. The molecule has 0 atom stereocenters. The lowest BCUT2D eigenvalue weighted by molar-refractivity contribution is -0.670. The van der Waals surface area contributed by atoms with Crippen molar-refractivity contribution in [3.8, 4) is 0 Å². The summed E-state index contributed by atoms with van der Waals surface area (Å²) in [5.41, 5.74) is -2.08. The molecule has 0 aliphatic rings. The molecule has 0 radical (unpaired) electrons. The highest BCUT2D eigenvalue weighted by Gasteiger charge is 2.55. The molecule has 0 aliphatic carbocycles.